The second-order valence-electron chi connectivity index (χ2n) is 8.43. The van der Waals surface area contributed by atoms with Gasteiger partial charge in [0.15, 0.2) is 0 Å². The highest BCUT2D eigenvalue weighted by Gasteiger charge is 2.33. The van der Waals surface area contributed by atoms with Gasteiger partial charge in [-0.2, -0.15) is 0 Å². The number of hydrogen-bond donors (Lipinski definition) is 8. The molecule has 196 valence electrons. The minimum absolute atomic E-state index is 0.00259. The molecule has 6 unspecified atom stereocenters. The Balaban J connectivity index is 2.95. The van der Waals surface area contributed by atoms with E-state index in [-0.39, 0.29) is 12.8 Å². The fraction of sp³-hybridized carbons (Fsp3) is 0.565. The van der Waals surface area contributed by atoms with E-state index < -0.39 is 60.1 Å². The Morgan fingerprint density at radius 3 is 1.97 bits per heavy atom. The van der Waals surface area contributed by atoms with E-state index in [1.807, 2.05) is 0 Å². The number of carbonyl (C=O) groups excluding carboxylic acids is 3. The molecule has 0 aliphatic rings. The van der Waals surface area contributed by atoms with Gasteiger partial charge in [0, 0.05) is 6.42 Å². The molecule has 0 saturated carbocycles. The van der Waals surface area contributed by atoms with Crippen LogP contribution in [0.25, 0.3) is 0 Å². The van der Waals surface area contributed by atoms with Gasteiger partial charge in [-0.3, -0.25) is 14.4 Å². The first kappa shape index (κ1) is 30.0. The second kappa shape index (κ2) is 15.0. The van der Waals surface area contributed by atoms with Crippen molar-refractivity contribution in [3.05, 3.63) is 35.9 Å². The summed E-state index contributed by atoms with van der Waals surface area (Å²) in [7, 11) is 0. The predicted molar refractivity (Wildman–Crippen MR) is 128 cm³/mol. The molecule has 3 amide bonds. The summed E-state index contributed by atoms with van der Waals surface area (Å²) in [5.41, 5.74) is 11.8. The van der Waals surface area contributed by atoms with Gasteiger partial charge in [-0.05, 0) is 45.2 Å². The van der Waals surface area contributed by atoms with E-state index in [0.29, 0.717) is 24.9 Å². The van der Waals surface area contributed by atoms with E-state index in [1.54, 1.807) is 30.3 Å². The fourth-order valence-electron chi connectivity index (χ4n) is 3.22. The number of carbonyl (C=O) groups is 4. The van der Waals surface area contributed by atoms with E-state index in [2.05, 4.69) is 16.0 Å². The average Bonchev–Trinajstić information content (AvgIpc) is 2.80. The normalized spacial score (nSPS) is 16.2. The van der Waals surface area contributed by atoms with E-state index in [1.165, 1.54) is 13.8 Å². The Kier molecular flexibility index (Phi) is 12.9. The fourth-order valence-corrected chi connectivity index (χ4v) is 3.22. The number of carboxylic acids is 1. The molecule has 1 aromatic carbocycles. The topological polar surface area (TPSA) is 217 Å². The van der Waals surface area contributed by atoms with Crippen LogP contribution in [0.1, 0.15) is 38.7 Å². The maximum absolute atomic E-state index is 12.9. The van der Waals surface area contributed by atoms with Crippen LogP contribution < -0.4 is 27.4 Å². The Labute approximate surface area is 204 Å². The number of nitrogens with one attached hydrogen (secondary N) is 3. The van der Waals surface area contributed by atoms with Crippen LogP contribution in [-0.4, -0.2) is 81.9 Å². The molecular weight excluding hydrogens is 458 g/mol. The number of rotatable bonds is 15. The van der Waals surface area contributed by atoms with Crippen LogP contribution in [0.4, 0.5) is 0 Å². The maximum Gasteiger partial charge on any atom is 0.326 e. The molecule has 0 radical (unpaired) electrons. The molecule has 0 saturated heterocycles. The van der Waals surface area contributed by atoms with Crippen molar-refractivity contribution in [1.29, 1.82) is 0 Å². The van der Waals surface area contributed by atoms with Crippen LogP contribution in [0.15, 0.2) is 30.3 Å². The Bertz CT molecular complexity index is 835. The lowest BCUT2D eigenvalue weighted by atomic mass is 10.0. The van der Waals surface area contributed by atoms with Crippen LogP contribution in [-0.2, 0) is 25.6 Å². The predicted octanol–water partition coefficient (Wildman–Crippen LogP) is -2.01. The van der Waals surface area contributed by atoms with E-state index in [0.717, 1.165) is 0 Å². The van der Waals surface area contributed by atoms with Crippen LogP contribution in [0.5, 0.6) is 0 Å². The van der Waals surface area contributed by atoms with Crippen LogP contribution in [0.3, 0.4) is 0 Å². The third kappa shape index (κ3) is 10.4. The van der Waals surface area contributed by atoms with E-state index in [4.69, 9.17) is 11.5 Å². The summed E-state index contributed by atoms with van der Waals surface area (Å²) in [5.74, 6) is -3.72. The molecule has 0 aliphatic carbocycles. The van der Waals surface area contributed by atoms with Gasteiger partial charge in [-0.15, -0.1) is 0 Å². The first-order chi connectivity index (χ1) is 16.5. The summed E-state index contributed by atoms with van der Waals surface area (Å²) in [6.45, 7) is 2.96. The number of nitrogens with two attached hydrogens (primary N) is 2. The molecule has 0 heterocycles. The molecule has 10 N–H and O–H groups in total. The van der Waals surface area contributed by atoms with Crippen molar-refractivity contribution >= 4 is 23.7 Å². The number of amides is 3. The lowest BCUT2D eigenvalue weighted by Gasteiger charge is -2.27. The number of benzene rings is 1. The first-order valence-electron chi connectivity index (χ1n) is 11.5. The second-order valence-corrected chi connectivity index (χ2v) is 8.43. The summed E-state index contributed by atoms with van der Waals surface area (Å²) in [6.07, 6.45) is -1.31. The molecule has 0 aromatic heterocycles. The number of hydrogen-bond acceptors (Lipinski definition) is 8. The van der Waals surface area contributed by atoms with Crippen molar-refractivity contribution in [2.45, 2.75) is 75.9 Å². The third-order valence-corrected chi connectivity index (χ3v) is 5.36. The van der Waals surface area contributed by atoms with Crippen molar-refractivity contribution < 1.29 is 34.5 Å². The summed E-state index contributed by atoms with van der Waals surface area (Å²) in [4.78, 5) is 49.7. The Hall–Kier alpha value is -3.06. The molecule has 35 heavy (non-hydrogen) atoms. The zero-order valence-electron chi connectivity index (χ0n) is 20.0. The summed E-state index contributed by atoms with van der Waals surface area (Å²) in [6, 6.07) is 3.48. The smallest absolute Gasteiger partial charge is 0.326 e. The monoisotopic (exact) mass is 495 g/mol. The minimum Gasteiger partial charge on any atom is -0.480 e. The molecule has 12 nitrogen and oxygen atoms in total. The summed E-state index contributed by atoms with van der Waals surface area (Å²) < 4.78 is 0. The van der Waals surface area contributed by atoms with Crippen LogP contribution >= 0.6 is 0 Å². The number of aliphatic carboxylic acids is 1. The van der Waals surface area contributed by atoms with Gasteiger partial charge >= 0.3 is 5.97 Å². The molecule has 12 heteroatoms. The average molecular weight is 496 g/mol. The largest absolute Gasteiger partial charge is 0.480 e. The molecule has 0 aliphatic heterocycles. The highest BCUT2D eigenvalue weighted by atomic mass is 16.4. The summed E-state index contributed by atoms with van der Waals surface area (Å²) in [5, 5.41) is 36.4. The zero-order valence-corrected chi connectivity index (χ0v) is 20.0. The van der Waals surface area contributed by atoms with Gasteiger partial charge in [0.2, 0.25) is 17.7 Å². The lowest BCUT2D eigenvalue weighted by molar-refractivity contribution is -0.143. The van der Waals surface area contributed by atoms with Crippen molar-refractivity contribution in [2.75, 3.05) is 6.54 Å². The van der Waals surface area contributed by atoms with Gasteiger partial charge in [-0.1, -0.05) is 30.3 Å². The maximum atomic E-state index is 12.9. The van der Waals surface area contributed by atoms with Crippen LogP contribution in [0, 0.1) is 0 Å². The first-order valence-corrected chi connectivity index (χ1v) is 11.5. The van der Waals surface area contributed by atoms with Gasteiger partial charge < -0.3 is 42.7 Å². The van der Waals surface area contributed by atoms with Crippen LogP contribution in [0.2, 0.25) is 0 Å². The van der Waals surface area contributed by atoms with Crippen molar-refractivity contribution in [1.82, 2.24) is 16.0 Å². The van der Waals surface area contributed by atoms with Gasteiger partial charge in [0.25, 0.3) is 0 Å². The molecule has 0 spiro atoms. The number of aliphatic hydroxyl groups excluding tert-OH is 2. The van der Waals surface area contributed by atoms with Crippen molar-refractivity contribution in [2.24, 2.45) is 11.5 Å². The standard InChI is InChI=1S/C23H37N5O7/c1-13(29)18(25)21(32)26-16(10-6-7-11-24)20(31)28-19(14(2)30)22(33)27-17(23(34)35)12-15-8-4-3-5-9-15/h3-5,8-9,13-14,16-19,29-30H,6-7,10-12,24-25H2,1-2H3,(H,26,32)(H,27,33)(H,28,31)(H,34,35). The van der Waals surface area contributed by atoms with E-state index in [9.17, 15) is 34.5 Å². The van der Waals surface area contributed by atoms with Gasteiger partial charge in [0.05, 0.1) is 12.2 Å². The quantitative estimate of drug-likeness (QED) is 0.126. The molecule has 0 fully saturated rings. The molecule has 0 bridgehead atoms. The van der Waals surface area contributed by atoms with Gasteiger partial charge in [-0.25, -0.2) is 4.79 Å². The highest BCUT2D eigenvalue weighted by Crippen LogP contribution is 2.07. The Morgan fingerprint density at radius 1 is 0.857 bits per heavy atom. The molecule has 6 atom stereocenters. The van der Waals surface area contributed by atoms with Gasteiger partial charge in [0.1, 0.15) is 24.2 Å². The van der Waals surface area contributed by atoms with Crippen molar-refractivity contribution in [3.63, 3.8) is 0 Å². The molecule has 1 aromatic rings. The van der Waals surface area contributed by atoms with E-state index >= 15 is 0 Å². The lowest BCUT2D eigenvalue weighted by Crippen LogP contribution is -2.60. The number of unbranched alkanes of at least 4 members (excludes halogenated alkanes) is 1. The third-order valence-electron chi connectivity index (χ3n) is 5.36. The minimum atomic E-state index is -1.49. The highest BCUT2D eigenvalue weighted by molar-refractivity contribution is 5.94. The van der Waals surface area contributed by atoms with Crippen molar-refractivity contribution in [3.8, 4) is 0 Å². The molecular formula is C23H37N5O7. The zero-order chi connectivity index (χ0) is 26.5. The molecule has 1 rings (SSSR count). The number of carboxylic acid groups (broad SMARTS) is 1. The Morgan fingerprint density at radius 2 is 1.46 bits per heavy atom. The number of aliphatic hydroxyl groups is 2. The summed E-state index contributed by atoms with van der Waals surface area (Å²) >= 11 is 0. The SMILES string of the molecule is CC(O)C(N)C(=O)NC(CCCCN)C(=O)NC(C(=O)NC(Cc1ccccc1)C(=O)O)C(C)O.